The van der Waals surface area contributed by atoms with E-state index in [0.29, 0.717) is 5.56 Å². The number of amides is 1. The third-order valence-corrected chi connectivity index (χ3v) is 2.59. The summed E-state index contributed by atoms with van der Waals surface area (Å²) in [5, 5.41) is 0.472. The number of rotatable bonds is 4. The molecule has 0 spiro atoms. The van der Waals surface area contributed by atoms with Gasteiger partial charge in [0.15, 0.2) is 0 Å². The summed E-state index contributed by atoms with van der Waals surface area (Å²) >= 11 is 11.5. The Morgan fingerprint density at radius 1 is 1.38 bits per heavy atom. The maximum Gasteiger partial charge on any atom is 0.253 e. The fourth-order valence-corrected chi connectivity index (χ4v) is 1.77. The number of hydrogen-bond acceptors (Lipinski definition) is 2. The lowest BCUT2D eigenvalue weighted by Crippen LogP contribution is -2.27. The normalized spacial score (nSPS) is 10.2. The SMILES string of the molecule is CCCCN(C)C(=O)c1cc(Cl)nc(Cl)c1. The fourth-order valence-electron chi connectivity index (χ4n) is 1.31. The van der Waals surface area contributed by atoms with Crippen molar-refractivity contribution in [3.8, 4) is 0 Å². The Balaban J connectivity index is 2.79. The zero-order valence-electron chi connectivity index (χ0n) is 9.33. The van der Waals surface area contributed by atoms with Crippen LogP contribution in [0.15, 0.2) is 12.1 Å². The molecule has 0 bridgehead atoms. The van der Waals surface area contributed by atoms with Crippen molar-refractivity contribution in [1.29, 1.82) is 0 Å². The van der Waals surface area contributed by atoms with Crippen molar-refractivity contribution in [3.05, 3.63) is 28.0 Å². The van der Waals surface area contributed by atoms with Crippen LogP contribution in [0.1, 0.15) is 30.1 Å². The van der Waals surface area contributed by atoms with Gasteiger partial charge in [0.1, 0.15) is 10.3 Å². The summed E-state index contributed by atoms with van der Waals surface area (Å²) in [7, 11) is 1.76. The van der Waals surface area contributed by atoms with Gasteiger partial charge in [-0.3, -0.25) is 4.79 Å². The molecule has 0 unspecified atom stereocenters. The van der Waals surface area contributed by atoms with Gasteiger partial charge in [-0.1, -0.05) is 36.5 Å². The van der Waals surface area contributed by atoms with Crippen LogP contribution in [0.3, 0.4) is 0 Å². The minimum absolute atomic E-state index is 0.0837. The second kappa shape index (κ2) is 6.06. The average Bonchev–Trinajstić information content (AvgIpc) is 2.23. The molecule has 0 N–H and O–H groups in total. The molecule has 16 heavy (non-hydrogen) atoms. The zero-order chi connectivity index (χ0) is 12.1. The molecule has 0 saturated heterocycles. The van der Waals surface area contributed by atoms with Crippen LogP contribution in [-0.2, 0) is 0 Å². The van der Waals surface area contributed by atoms with Crippen molar-refractivity contribution < 1.29 is 4.79 Å². The predicted octanol–water partition coefficient (Wildman–Crippen LogP) is 3.26. The molecular weight excluding hydrogens is 247 g/mol. The number of halogens is 2. The van der Waals surface area contributed by atoms with Crippen LogP contribution < -0.4 is 0 Å². The highest BCUT2D eigenvalue weighted by molar-refractivity contribution is 6.33. The van der Waals surface area contributed by atoms with Crippen LogP contribution in [0.2, 0.25) is 10.3 Å². The van der Waals surface area contributed by atoms with Crippen LogP contribution in [-0.4, -0.2) is 29.4 Å². The Kier molecular flexibility index (Phi) is 5.03. The number of nitrogens with zero attached hydrogens (tertiary/aromatic N) is 2. The Morgan fingerprint density at radius 2 is 1.94 bits per heavy atom. The molecule has 1 aromatic rings. The number of unbranched alkanes of at least 4 members (excludes halogenated alkanes) is 1. The molecule has 3 nitrogen and oxygen atoms in total. The smallest absolute Gasteiger partial charge is 0.253 e. The molecule has 0 aliphatic carbocycles. The zero-order valence-corrected chi connectivity index (χ0v) is 10.8. The van der Waals surface area contributed by atoms with E-state index < -0.39 is 0 Å². The summed E-state index contributed by atoms with van der Waals surface area (Å²) in [5.74, 6) is -0.0837. The summed E-state index contributed by atoms with van der Waals surface area (Å²) in [6, 6.07) is 3.05. The Bertz CT molecular complexity index is 362. The minimum Gasteiger partial charge on any atom is -0.342 e. The van der Waals surface area contributed by atoms with Gasteiger partial charge in [0.05, 0.1) is 0 Å². The molecule has 0 aromatic carbocycles. The summed E-state index contributed by atoms with van der Waals surface area (Å²) in [5.41, 5.74) is 0.476. The van der Waals surface area contributed by atoms with E-state index in [-0.39, 0.29) is 16.2 Å². The lowest BCUT2D eigenvalue weighted by molar-refractivity contribution is 0.0793. The van der Waals surface area contributed by atoms with E-state index in [2.05, 4.69) is 11.9 Å². The van der Waals surface area contributed by atoms with Crippen molar-refractivity contribution in [2.75, 3.05) is 13.6 Å². The summed E-state index contributed by atoms with van der Waals surface area (Å²) in [6.07, 6.45) is 2.03. The Hall–Kier alpha value is -0.800. The fraction of sp³-hybridized carbons (Fsp3) is 0.455. The molecule has 1 heterocycles. The van der Waals surface area contributed by atoms with Gasteiger partial charge in [0.2, 0.25) is 0 Å². The van der Waals surface area contributed by atoms with Gasteiger partial charge in [-0.05, 0) is 18.6 Å². The van der Waals surface area contributed by atoms with Crippen molar-refractivity contribution in [2.45, 2.75) is 19.8 Å². The molecule has 1 amide bonds. The number of carbonyl (C=O) groups excluding carboxylic acids is 1. The van der Waals surface area contributed by atoms with Gasteiger partial charge in [-0.2, -0.15) is 0 Å². The van der Waals surface area contributed by atoms with E-state index in [9.17, 15) is 4.79 Å². The van der Waals surface area contributed by atoms with Crippen LogP contribution in [0.5, 0.6) is 0 Å². The molecule has 0 atom stereocenters. The highest BCUT2D eigenvalue weighted by atomic mass is 35.5. The van der Waals surface area contributed by atoms with E-state index in [4.69, 9.17) is 23.2 Å². The minimum atomic E-state index is -0.0837. The van der Waals surface area contributed by atoms with Crippen LogP contribution >= 0.6 is 23.2 Å². The largest absolute Gasteiger partial charge is 0.342 e. The maximum atomic E-state index is 11.9. The second-order valence-electron chi connectivity index (χ2n) is 3.58. The molecule has 1 rings (SSSR count). The number of pyridine rings is 1. The summed E-state index contributed by atoms with van der Waals surface area (Å²) < 4.78 is 0. The molecule has 0 saturated carbocycles. The molecule has 0 aliphatic heterocycles. The topological polar surface area (TPSA) is 33.2 Å². The van der Waals surface area contributed by atoms with E-state index >= 15 is 0 Å². The van der Waals surface area contributed by atoms with Crippen LogP contribution in [0.25, 0.3) is 0 Å². The summed E-state index contributed by atoms with van der Waals surface area (Å²) in [6.45, 7) is 2.81. The van der Waals surface area contributed by atoms with Crippen LogP contribution in [0.4, 0.5) is 0 Å². The van der Waals surface area contributed by atoms with E-state index in [0.717, 1.165) is 19.4 Å². The lowest BCUT2D eigenvalue weighted by Gasteiger charge is -2.16. The first-order valence-corrected chi connectivity index (χ1v) is 5.88. The van der Waals surface area contributed by atoms with E-state index in [1.54, 1.807) is 11.9 Å². The quantitative estimate of drug-likeness (QED) is 0.779. The molecule has 0 fully saturated rings. The third kappa shape index (κ3) is 3.65. The lowest BCUT2D eigenvalue weighted by atomic mass is 10.2. The van der Waals surface area contributed by atoms with E-state index in [1.165, 1.54) is 12.1 Å². The molecule has 5 heteroatoms. The van der Waals surface area contributed by atoms with Crippen LogP contribution in [0, 0.1) is 0 Å². The standard InChI is InChI=1S/C11H14Cl2N2O/c1-3-4-5-15(2)11(16)8-6-9(12)14-10(13)7-8/h6-7H,3-5H2,1-2H3. The van der Waals surface area contributed by atoms with Crippen molar-refractivity contribution in [1.82, 2.24) is 9.88 Å². The number of carbonyl (C=O) groups is 1. The number of aromatic nitrogens is 1. The molecule has 0 aliphatic rings. The maximum absolute atomic E-state index is 11.9. The van der Waals surface area contributed by atoms with Gasteiger partial charge < -0.3 is 4.90 Å². The Morgan fingerprint density at radius 3 is 2.44 bits per heavy atom. The predicted molar refractivity (Wildman–Crippen MR) is 66.1 cm³/mol. The third-order valence-electron chi connectivity index (χ3n) is 2.20. The molecule has 0 radical (unpaired) electrons. The molecular formula is C11H14Cl2N2O. The van der Waals surface area contributed by atoms with Gasteiger partial charge in [0.25, 0.3) is 5.91 Å². The monoisotopic (exact) mass is 260 g/mol. The van der Waals surface area contributed by atoms with Gasteiger partial charge in [-0.25, -0.2) is 4.98 Å². The molecule has 88 valence electrons. The highest BCUT2D eigenvalue weighted by Gasteiger charge is 2.12. The van der Waals surface area contributed by atoms with Gasteiger partial charge >= 0.3 is 0 Å². The van der Waals surface area contributed by atoms with Crippen molar-refractivity contribution in [3.63, 3.8) is 0 Å². The van der Waals surface area contributed by atoms with Crippen molar-refractivity contribution >= 4 is 29.1 Å². The number of hydrogen-bond donors (Lipinski definition) is 0. The highest BCUT2D eigenvalue weighted by Crippen LogP contribution is 2.16. The van der Waals surface area contributed by atoms with Gasteiger partial charge in [-0.15, -0.1) is 0 Å². The first-order valence-electron chi connectivity index (χ1n) is 5.13. The Labute approximate surface area is 105 Å². The first kappa shape index (κ1) is 13.3. The van der Waals surface area contributed by atoms with Crippen molar-refractivity contribution in [2.24, 2.45) is 0 Å². The van der Waals surface area contributed by atoms with Gasteiger partial charge in [0, 0.05) is 19.2 Å². The average molecular weight is 261 g/mol. The molecule has 1 aromatic heterocycles. The van der Waals surface area contributed by atoms with E-state index in [1.807, 2.05) is 0 Å². The first-order chi connectivity index (χ1) is 7.54. The second-order valence-corrected chi connectivity index (χ2v) is 4.36. The summed E-state index contributed by atoms with van der Waals surface area (Å²) in [4.78, 5) is 17.4.